The molecule has 0 spiro atoms. The number of pyridine rings is 1. The lowest BCUT2D eigenvalue weighted by molar-refractivity contribution is -0.113. The number of carbonyl (C=O) groups excluding carboxylic acids is 3. The Morgan fingerprint density at radius 3 is 2.24 bits per heavy atom. The van der Waals surface area contributed by atoms with E-state index in [-0.39, 0.29) is 17.7 Å². The van der Waals surface area contributed by atoms with Crippen LogP contribution in [0.1, 0.15) is 26.3 Å². The second-order valence-electron chi connectivity index (χ2n) is 6.44. The first-order valence-corrected chi connectivity index (χ1v) is 10.1. The molecule has 1 aliphatic heterocycles. The van der Waals surface area contributed by atoms with E-state index in [9.17, 15) is 14.4 Å². The molecule has 144 valence electrons. The van der Waals surface area contributed by atoms with Gasteiger partial charge in [0.2, 0.25) is 5.91 Å². The number of aromatic nitrogens is 1. The number of imide groups is 1. The van der Waals surface area contributed by atoms with Gasteiger partial charge in [0.25, 0.3) is 11.8 Å². The first-order valence-electron chi connectivity index (χ1n) is 8.98. The molecule has 29 heavy (non-hydrogen) atoms. The van der Waals surface area contributed by atoms with Gasteiger partial charge in [-0.2, -0.15) is 0 Å². The Kier molecular flexibility index (Phi) is 5.39. The van der Waals surface area contributed by atoms with Crippen molar-refractivity contribution in [1.29, 1.82) is 0 Å². The zero-order chi connectivity index (χ0) is 20.2. The van der Waals surface area contributed by atoms with Gasteiger partial charge in [0, 0.05) is 23.8 Å². The molecule has 3 aromatic rings. The molecule has 0 radical (unpaired) electrons. The van der Waals surface area contributed by atoms with Crippen molar-refractivity contribution in [2.75, 3.05) is 16.0 Å². The molecule has 0 atom stereocenters. The number of thioether (sulfide) groups is 1. The van der Waals surface area contributed by atoms with Gasteiger partial charge in [-0.05, 0) is 48.0 Å². The molecule has 3 amide bonds. The van der Waals surface area contributed by atoms with Crippen LogP contribution in [0.3, 0.4) is 0 Å². The third-order valence-electron chi connectivity index (χ3n) is 4.43. The van der Waals surface area contributed by atoms with Crippen LogP contribution in [0.25, 0.3) is 0 Å². The van der Waals surface area contributed by atoms with E-state index in [0.717, 1.165) is 10.5 Å². The van der Waals surface area contributed by atoms with Crippen LogP contribution >= 0.6 is 11.8 Å². The van der Waals surface area contributed by atoms with Crippen molar-refractivity contribution >= 4 is 40.9 Å². The molecule has 1 N–H and O–H groups in total. The van der Waals surface area contributed by atoms with Gasteiger partial charge in [-0.3, -0.25) is 19.4 Å². The zero-order valence-corrected chi connectivity index (χ0v) is 16.2. The molecule has 0 aliphatic carbocycles. The highest BCUT2D eigenvalue weighted by Crippen LogP contribution is 2.29. The van der Waals surface area contributed by atoms with Crippen LogP contribution in [-0.4, -0.2) is 28.5 Å². The minimum absolute atomic E-state index is 0.118. The number of benzene rings is 2. The van der Waals surface area contributed by atoms with E-state index in [4.69, 9.17) is 0 Å². The summed E-state index contributed by atoms with van der Waals surface area (Å²) in [5.74, 6) is 0.227. The average molecular weight is 403 g/mol. The minimum Gasteiger partial charge on any atom is -0.325 e. The lowest BCUT2D eigenvalue weighted by atomic mass is 10.1. The minimum atomic E-state index is -0.339. The number of hydrogen-bond acceptors (Lipinski definition) is 5. The molecule has 0 bridgehead atoms. The molecular weight excluding hydrogens is 386 g/mol. The van der Waals surface area contributed by atoms with Crippen molar-refractivity contribution in [2.45, 2.75) is 5.75 Å². The van der Waals surface area contributed by atoms with Gasteiger partial charge in [-0.25, -0.2) is 4.90 Å². The smallest absolute Gasteiger partial charge is 0.266 e. The largest absolute Gasteiger partial charge is 0.325 e. The summed E-state index contributed by atoms with van der Waals surface area (Å²) >= 11 is 1.50. The topological polar surface area (TPSA) is 79.4 Å². The quantitative estimate of drug-likeness (QED) is 0.634. The number of anilines is 2. The summed E-state index contributed by atoms with van der Waals surface area (Å²) in [5, 5.41) is 2.82. The summed E-state index contributed by atoms with van der Waals surface area (Å²) in [6, 6.07) is 17.3. The van der Waals surface area contributed by atoms with Crippen LogP contribution in [0.15, 0.2) is 73.1 Å². The van der Waals surface area contributed by atoms with Crippen molar-refractivity contribution in [1.82, 2.24) is 4.98 Å². The predicted octanol–water partition coefficient (Wildman–Crippen LogP) is 3.75. The second kappa shape index (κ2) is 8.28. The third kappa shape index (κ3) is 4.05. The number of fused-ring (bicyclic) bond motifs is 1. The SMILES string of the molecule is O=C(CSCc1cccnc1)Nc1ccc(N2C(=O)c3ccccc3C2=O)cc1. The molecule has 2 aromatic carbocycles. The van der Waals surface area contributed by atoms with Crippen molar-refractivity contribution in [2.24, 2.45) is 0 Å². The molecule has 0 unspecified atom stereocenters. The Morgan fingerprint density at radius 1 is 0.931 bits per heavy atom. The summed E-state index contributed by atoms with van der Waals surface area (Å²) in [5.41, 5.74) is 2.95. The van der Waals surface area contributed by atoms with E-state index in [1.165, 1.54) is 11.8 Å². The Balaban J connectivity index is 1.35. The highest BCUT2D eigenvalue weighted by atomic mass is 32.2. The summed E-state index contributed by atoms with van der Waals surface area (Å²) < 4.78 is 0. The Bertz CT molecular complexity index is 1030. The standard InChI is InChI=1S/C22H17N3O3S/c26-20(14-29-13-15-4-3-11-23-12-15)24-16-7-9-17(10-8-16)25-21(27)18-5-1-2-6-19(18)22(25)28/h1-12H,13-14H2,(H,24,26). The van der Waals surface area contributed by atoms with E-state index in [1.54, 1.807) is 60.9 Å². The molecule has 4 rings (SSSR count). The van der Waals surface area contributed by atoms with E-state index < -0.39 is 0 Å². The molecular formula is C22H17N3O3S. The van der Waals surface area contributed by atoms with E-state index >= 15 is 0 Å². The third-order valence-corrected chi connectivity index (χ3v) is 5.43. The van der Waals surface area contributed by atoms with Gasteiger partial charge in [0.1, 0.15) is 0 Å². The van der Waals surface area contributed by atoms with Crippen molar-refractivity contribution in [3.8, 4) is 0 Å². The summed E-state index contributed by atoms with van der Waals surface area (Å²) in [6.07, 6.45) is 3.50. The fraction of sp³-hybridized carbons (Fsp3) is 0.0909. The monoisotopic (exact) mass is 403 g/mol. The highest BCUT2D eigenvalue weighted by molar-refractivity contribution is 7.99. The predicted molar refractivity (Wildman–Crippen MR) is 113 cm³/mol. The average Bonchev–Trinajstić information content (AvgIpc) is 3.00. The molecule has 1 aromatic heterocycles. The maximum atomic E-state index is 12.5. The summed E-state index contributed by atoms with van der Waals surface area (Å²) in [7, 11) is 0. The summed E-state index contributed by atoms with van der Waals surface area (Å²) in [6.45, 7) is 0. The lowest BCUT2D eigenvalue weighted by Crippen LogP contribution is -2.29. The molecule has 0 fully saturated rings. The number of rotatable bonds is 6. The Morgan fingerprint density at radius 2 is 1.62 bits per heavy atom. The van der Waals surface area contributed by atoms with Gasteiger partial charge in [-0.15, -0.1) is 11.8 Å². The van der Waals surface area contributed by atoms with Crippen LogP contribution < -0.4 is 10.2 Å². The zero-order valence-electron chi connectivity index (χ0n) is 15.4. The molecule has 1 aliphatic rings. The number of amides is 3. The normalized spacial score (nSPS) is 12.8. The number of nitrogens with zero attached hydrogens (tertiary/aromatic N) is 2. The molecule has 6 nitrogen and oxygen atoms in total. The first-order chi connectivity index (χ1) is 14.1. The first kappa shape index (κ1) is 18.9. The molecule has 0 saturated carbocycles. The van der Waals surface area contributed by atoms with Gasteiger partial charge in [-0.1, -0.05) is 18.2 Å². The van der Waals surface area contributed by atoms with Gasteiger partial charge >= 0.3 is 0 Å². The number of carbonyl (C=O) groups is 3. The molecule has 2 heterocycles. The summed E-state index contributed by atoms with van der Waals surface area (Å²) in [4.78, 5) is 42.4. The van der Waals surface area contributed by atoms with Crippen molar-refractivity contribution in [3.63, 3.8) is 0 Å². The maximum absolute atomic E-state index is 12.5. The van der Waals surface area contributed by atoms with Gasteiger partial charge in [0.15, 0.2) is 0 Å². The van der Waals surface area contributed by atoms with Crippen molar-refractivity contribution in [3.05, 3.63) is 89.7 Å². The van der Waals surface area contributed by atoms with E-state index in [1.807, 2.05) is 12.1 Å². The van der Waals surface area contributed by atoms with Crippen molar-refractivity contribution < 1.29 is 14.4 Å². The molecule has 0 saturated heterocycles. The van der Waals surface area contributed by atoms with E-state index in [2.05, 4.69) is 10.3 Å². The fourth-order valence-electron chi connectivity index (χ4n) is 3.06. The highest BCUT2D eigenvalue weighted by Gasteiger charge is 2.36. The van der Waals surface area contributed by atoms with Crippen LogP contribution in [0, 0.1) is 0 Å². The van der Waals surface area contributed by atoms with E-state index in [0.29, 0.717) is 34.0 Å². The lowest BCUT2D eigenvalue weighted by Gasteiger charge is -2.14. The van der Waals surface area contributed by atoms with Crippen LogP contribution in [0.5, 0.6) is 0 Å². The molecule has 7 heteroatoms. The van der Waals surface area contributed by atoms with Crippen LogP contribution in [-0.2, 0) is 10.5 Å². The van der Waals surface area contributed by atoms with Crippen LogP contribution in [0.2, 0.25) is 0 Å². The van der Waals surface area contributed by atoms with Gasteiger partial charge < -0.3 is 5.32 Å². The Hall–Kier alpha value is -3.45. The van der Waals surface area contributed by atoms with Gasteiger partial charge in [0.05, 0.1) is 22.6 Å². The van der Waals surface area contributed by atoms with Crippen LogP contribution in [0.4, 0.5) is 11.4 Å². The fourth-order valence-corrected chi connectivity index (χ4v) is 3.83. The maximum Gasteiger partial charge on any atom is 0.266 e. The number of hydrogen-bond donors (Lipinski definition) is 1. The second-order valence-corrected chi connectivity index (χ2v) is 7.43. The Labute approximate surface area is 172 Å². The number of nitrogens with one attached hydrogen (secondary N) is 1.